The number of aromatic nitrogens is 3. The van der Waals surface area contributed by atoms with Crippen LogP contribution in [0, 0.1) is 0 Å². The minimum atomic E-state index is -0.0190. The summed E-state index contributed by atoms with van der Waals surface area (Å²) in [6.45, 7) is 1.92. The van der Waals surface area contributed by atoms with Gasteiger partial charge in [0.15, 0.2) is 11.5 Å². The predicted octanol–water partition coefficient (Wildman–Crippen LogP) is 2.92. The van der Waals surface area contributed by atoms with Gasteiger partial charge in [0, 0.05) is 30.8 Å². The molecule has 1 aromatic carbocycles. The maximum atomic E-state index is 9.75. The maximum absolute atomic E-state index is 9.75. The normalized spacial score (nSPS) is 14.6. The van der Waals surface area contributed by atoms with E-state index in [1.54, 1.807) is 20.5 Å². The summed E-state index contributed by atoms with van der Waals surface area (Å²) >= 11 is 0. The predicted molar refractivity (Wildman–Crippen MR) is 104 cm³/mol. The second-order valence-electron chi connectivity index (χ2n) is 6.67. The van der Waals surface area contributed by atoms with Crippen molar-refractivity contribution in [2.75, 3.05) is 32.2 Å². The number of aliphatic hydroxyl groups is 1. The van der Waals surface area contributed by atoms with Gasteiger partial charge in [-0.05, 0) is 31.4 Å². The van der Waals surface area contributed by atoms with Gasteiger partial charge in [-0.15, -0.1) is 0 Å². The fraction of sp³-hybridized carbons (Fsp3) is 0.400. The SMILES string of the molecule is COc1cc2ncn(-c3ccc(CO)c(N4CCCCC4)n3)c2cc1OC. The Kier molecular flexibility index (Phi) is 4.85. The first-order valence-electron chi connectivity index (χ1n) is 9.20. The molecule has 1 aliphatic rings. The Labute approximate surface area is 158 Å². The summed E-state index contributed by atoms with van der Waals surface area (Å²) in [5, 5.41) is 9.75. The van der Waals surface area contributed by atoms with Crippen molar-refractivity contribution in [3.63, 3.8) is 0 Å². The van der Waals surface area contributed by atoms with Gasteiger partial charge in [-0.1, -0.05) is 0 Å². The van der Waals surface area contributed by atoms with Gasteiger partial charge in [0.25, 0.3) is 0 Å². The average molecular weight is 368 g/mol. The van der Waals surface area contributed by atoms with E-state index in [0.717, 1.165) is 54.2 Å². The van der Waals surface area contributed by atoms with Crippen LogP contribution in [0.3, 0.4) is 0 Å². The molecule has 0 bridgehead atoms. The van der Waals surface area contributed by atoms with Crippen LogP contribution in [0.2, 0.25) is 0 Å². The van der Waals surface area contributed by atoms with Crippen molar-refractivity contribution in [3.8, 4) is 17.3 Å². The van der Waals surface area contributed by atoms with Crippen LogP contribution in [0.1, 0.15) is 24.8 Å². The number of fused-ring (bicyclic) bond motifs is 1. The monoisotopic (exact) mass is 368 g/mol. The summed E-state index contributed by atoms with van der Waals surface area (Å²) in [5.41, 5.74) is 2.55. The van der Waals surface area contributed by atoms with Gasteiger partial charge in [-0.3, -0.25) is 4.57 Å². The molecule has 3 aromatic rings. The summed E-state index contributed by atoms with van der Waals surface area (Å²) in [6.07, 6.45) is 5.31. The quantitative estimate of drug-likeness (QED) is 0.747. The Morgan fingerprint density at radius 2 is 1.78 bits per heavy atom. The van der Waals surface area contributed by atoms with Gasteiger partial charge in [0.2, 0.25) is 0 Å². The first-order chi connectivity index (χ1) is 13.2. The van der Waals surface area contributed by atoms with Crippen LogP contribution in [0.15, 0.2) is 30.6 Å². The van der Waals surface area contributed by atoms with Crippen LogP contribution < -0.4 is 14.4 Å². The van der Waals surface area contributed by atoms with Crippen LogP contribution in [0.4, 0.5) is 5.82 Å². The van der Waals surface area contributed by atoms with Crippen molar-refractivity contribution in [3.05, 3.63) is 36.2 Å². The molecule has 3 heterocycles. The number of methoxy groups -OCH3 is 2. The van der Waals surface area contributed by atoms with Crippen LogP contribution in [0.25, 0.3) is 16.9 Å². The van der Waals surface area contributed by atoms with Gasteiger partial charge in [0.05, 0.1) is 31.9 Å². The van der Waals surface area contributed by atoms with E-state index in [0.29, 0.717) is 11.5 Å². The molecule has 0 amide bonds. The molecule has 1 aliphatic heterocycles. The maximum Gasteiger partial charge on any atom is 0.163 e. The van der Waals surface area contributed by atoms with Crippen molar-refractivity contribution >= 4 is 16.9 Å². The zero-order chi connectivity index (χ0) is 18.8. The molecule has 0 unspecified atom stereocenters. The Bertz CT molecular complexity index is 948. The van der Waals surface area contributed by atoms with Gasteiger partial charge in [-0.25, -0.2) is 9.97 Å². The Morgan fingerprint density at radius 1 is 1.04 bits per heavy atom. The lowest BCUT2D eigenvalue weighted by molar-refractivity contribution is 0.281. The van der Waals surface area contributed by atoms with E-state index in [9.17, 15) is 5.11 Å². The summed E-state index contributed by atoms with van der Waals surface area (Å²) in [5.74, 6) is 2.92. The molecule has 0 spiro atoms. The molecule has 2 aromatic heterocycles. The second kappa shape index (κ2) is 7.44. The number of hydrogen-bond acceptors (Lipinski definition) is 6. The second-order valence-corrected chi connectivity index (χ2v) is 6.67. The van der Waals surface area contributed by atoms with Crippen molar-refractivity contribution in [1.29, 1.82) is 0 Å². The number of piperidine rings is 1. The van der Waals surface area contributed by atoms with Crippen LogP contribution in [0.5, 0.6) is 11.5 Å². The van der Waals surface area contributed by atoms with Crippen molar-refractivity contribution < 1.29 is 14.6 Å². The fourth-order valence-corrected chi connectivity index (χ4v) is 3.62. The lowest BCUT2D eigenvalue weighted by atomic mass is 10.1. The number of hydrogen-bond donors (Lipinski definition) is 1. The molecule has 0 atom stereocenters. The highest BCUT2D eigenvalue weighted by atomic mass is 16.5. The molecule has 7 nitrogen and oxygen atoms in total. The van der Waals surface area contributed by atoms with Gasteiger partial charge >= 0.3 is 0 Å². The summed E-state index contributed by atoms with van der Waals surface area (Å²) < 4.78 is 12.7. The number of rotatable bonds is 5. The zero-order valence-corrected chi connectivity index (χ0v) is 15.7. The number of aliphatic hydroxyl groups excluding tert-OH is 1. The molecule has 0 saturated carbocycles. The highest BCUT2D eigenvalue weighted by Gasteiger charge is 2.18. The molecule has 1 saturated heterocycles. The third-order valence-corrected chi connectivity index (χ3v) is 5.07. The number of nitrogens with zero attached hydrogens (tertiary/aromatic N) is 4. The molecule has 0 radical (unpaired) electrons. The third-order valence-electron chi connectivity index (χ3n) is 5.07. The molecule has 27 heavy (non-hydrogen) atoms. The Morgan fingerprint density at radius 3 is 2.48 bits per heavy atom. The van der Waals surface area contributed by atoms with E-state index >= 15 is 0 Å². The number of ether oxygens (including phenoxy) is 2. The van der Waals surface area contributed by atoms with Crippen molar-refractivity contribution in [2.24, 2.45) is 0 Å². The molecular formula is C20H24N4O3. The fourth-order valence-electron chi connectivity index (χ4n) is 3.62. The topological polar surface area (TPSA) is 72.6 Å². The van der Waals surface area contributed by atoms with E-state index in [-0.39, 0.29) is 6.61 Å². The minimum absolute atomic E-state index is 0.0190. The summed E-state index contributed by atoms with van der Waals surface area (Å²) in [4.78, 5) is 11.6. The van der Waals surface area contributed by atoms with E-state index in [1.165, 1.54) is 6.42 Å². The number of anilines is 1. The first kappa shape index (κ1) is 17.6. The van der Waals surface area contributed by atoms with E-state index in [2.05, 4.69) is 9.88 Å². The van der Waals surface area contributed by atoms with Crippen LogP contribution >= 0.6 is 0 Å². The number of imidazole rings is 1. The van der Waals surface area contributed by atoms with Gasteiger partial charge in [-0.2, -0.15) is 0 Å². The lowest BCUT2D eigenvalue weighted by Gasteiger charge is -2.29. The highest BCUT2D eigenvalue weighted by molar-refractivity contribution is 5.81. The van der Waals surface area contributed by atoms with Crippen molar-refractivity contribution in [2.45, 2.75) is 25.9 Å². The molecule has 1 fully saturated rings. The molecule has 7 heteroatoms. The largest absolute Gasteiger partial charge is 0.493 e. The summed E-state index contributed by atoms with van der Waals surface area (Å²) in [6, 6.07) is 7.62. The Hall–Kier alpha value is -2.80. The summed E-state index contributed by atoms with van der Waals surface area (Å²) in [7, 11) is 3.23. The van der Waals surface area contributed by atoms with Gasteiger partial charge < -0.3 is 19.5 Å². The Balaban J connectivity index is 1.81. The lowest BCUT2D eigenvalue weighted by Crippen LogP contribution is -2.31. The van der Waals surface area contributed by atoms with Gasteiger partial charge in [0.1, 0.15) is 18.0 Å². The molecular weight excluding hydrogens is 344 g/mol. The van der Waals surface area contributed by atoms with Crippen LogP contribution in [-0.2, 0) is 6.61 Å². The molecule has 1 N–H and O–H groups in total. The molecule has 4 rings (SSSR count). The van der Waals surface area contributed by atoms with E-state index in [4.69, 9.17) is 14.5 Å². The molecule has 142 valence electrons. The number of benzene rings is 1. The van der Waals surface area contributed by atoms with Crippen molar-refractivity contribution in [1.82, 2.24) is 14.5 Å². The standard InChI is InChI=1S/C20H24N4O3/c1-26-17-10-15-16(11-18(17)27-2)24(13-21-15)19-7-6-14(12-25)20(22-19)23-8-4-3-5-9-23/h6-7,10-11,13,25H,3-5,8-9,12H2,1-2H3. The average Bonchev–Trinajstić information content (AvgIpc) is 3.15. The first-order valence-corrected chi connectivity index (χ1v) is 9.20. The van der Waals surface area contributed by atoms with Crippen LogP contribution in [-0.4, -0.2) is 47.0 Å². The van der Waals surface area contributed by atoms with E-state index < -0.39 is 0 Å². The smallest absolute Gasteiger partial charge is 0.163 e. The third kappa shape index (κ3) is 3.19. The zero-order valence-electron chi connectivity index (χ0n) is 15.7. The number of pyridine rings is 1. The minimum Gasteiger partial charge on any atom is -0.493 e. The highest BCUT2D eigenvalue weighted by Crippen LogP contribution is 2.33. The van der Waals surface area contributed by atoms with E-state index in [1.807, 2.05) is 28.8 Å². The molecule has 0 aliphatic carbocycles.